The van der Waals surface area contributed by atoms with Crippen LogP contribution in [0.2, 0.25) is 0 Å². The first-order valence-corrected chi connectivity index (χ1v) is 9.29. The van der Waals surface area contributed by atoms with Gasteiger partial charge in [-0.3, -0.25) is 4.18 Å². The van der Waals surface area contributed by atoms with Crippen LogP contribution >= 0.6 is 0 Å². The van der Waals surface area contributed by atoms with Crippen LogP contribution in [-0.4, -0.2) is 70.3 Å². The van der Waals surface area contributed by atoms with Crippen LogP contribution in [0.3, 0.4) is 0 Å². The number of ether oxygens (including phenoxy) is 5. The number of hydrogen-bond donors (Lipinski definition) is 0. The molecule has 0 saturated carbocycles. The highest BCUT2D eigenvalue weighted by molar-refractivity contribution is 7.86. The number of methoxy groups -OCH3 is 1. The third-order valence-corrected chi connectivity index (χ3v) is 4.13. The molecule has 2 aliphatic heterocycles. The van der Waals surface area contributed by atoms with Gasteiger partial charge in [-0.1, -0.05) is 0 Å². The Hall–Kier alpha value is -0.780. The molecule has 4 atom stereocenters. The van der Waals surface area contributed by atoms with E-state index in [9.17, 15) is 13.2 Å². The highest BCUT2D eigenvalue weighted by Crippen LogP contribution is 2.37. The molecule has 0 aliphatic carbocycles. The first-order valence-electron chi connectivity index (χ1n) is 7.47. The first kappa shape index (κ1) is 19.5. The normalized spacial score (nSPS) is 33.3. The Morgan fingerprint density at radius 3 is 2.21 bits per heavy atom. The molecule has 0 bridgehead atoms. The van der Waals surface area contributed by atoms with Crippen molar-refractivity contribution >= 4 is 16.1 Å². The van der Waals surface area contributed by atoms with E-state index >= 15 is 0 Å². The van der Waals surface area contributed by atoms with Crippen LogP contribution in [0.25, 0.3) is 0 Å². The van der Waals surface area contributed by atoms with E-state index in [-0.39, 0.29) is 6.61 Å². The van der Waals surface area contributed by atoms with Gasteiger partial charge in [0.05, 0.1) is 20.0 Å². The second-order valence-corrected chi connectivity index (χ2v) is 8.28. The van der Waals surface area contributed by atoms with Gasteiger partial charge in [0.1, 0.15) is 18.3 Å². The lowest BCUT2D eigenvalue weighted by molar-refractivity contribution is -0.176. The molecule has 0 N–H and O–H groups in total. The molecular weight excluding hydrogens is 344 g/mol. The van der Waals surface area contributed by atoms with E-state index in [1.807, 2.05) is 0 Å². The highest BCUT2D eigenvalue weighted by Gasteiger charge is 2.55. The van der Waals surface area contributed by atoms with Crippen LogP contribution in [-0.2, 0) is 42.8 Å². The SMILES string of the molecule is COC(=O)[C@H](OS(C)(=O)=O)[C@H]1OC(C)(C)O[C@@H]1[C@H]1COC(C)(C)O1. The summed E-state index contributed by atoms with van der Waals surface area (Å²) in [6.45, 7) is 6.99. The molecule has 0 unspecified atom stereocenters. The first-order chi connectivity index (χ1) is 10.8. The molecule has 9 nitrogen and oxygen atoms in total. The van der Waals surface area contributed by atoms with E-state index in [1.54, 1.807) is 27.7 Å². The Balaban J connectivity index is 2.29. The van der Waals surface area contributed by atoms with Crippen molar-refractivity contribution in [1.29, 1.82) is 0 Å². The molecule has 0 radical (unpaired) electrons. The summed E-state index contributed by atoms with van der Waals surface area (Å²) in [7, 11) is -2.80. The van der Waals surface area contributed by atoms with Gasteiger partial charge in [-0.05, 0) is 27.7 Å². The zero-order valence-corrected chi connectivity index (χ0v) is 15.4. The summed E-state index contributed by atoms with van der Waals surface area (Å²) in [6, 6.07) is 0. The molecule has 0 spiro atoms. The van der Waals surface area contributed by atoms with Crippen molar-refractivity contribution in [3.05, 3.63) is 0 Å². The van der Waals surface area contributed by atoms with Crippen molar-refractivity contribution in [1.82, 2.24) is 0 Å². The summed E-state index contributed by atoms with van der Waals surface area (Å²) < 4.78 is 55.4. The predicted molar refractivity (Wildman–Crippen MR) is 80.5 cm³/mol. The van der Waals surface area contributed by atoms with Crippen molar-refractivity contribution in [2.24, 2.45) is 0 Å². The van der Waals surface area contributed by atoms with Gasteiger partial charge >= 0.3 is 5.97 Å². The second-order valence-electron chi connectivity index (χ2n) is 6.68. The molecule has 2 aliphatic rings. The van der Waals surface area contributed by atoms with E-state index < -0.39 is 52.1 Å². The standard InChI is InChI=1S/C14H24O9S/c1-13(2)19-7-8(20-13)9-10(22-14(3,4)21-9)11(12(15)18-5)23-24(6,16)17/h8-11H,7H2,1-6H3/t8-,9-,10+,11-/m1/s1. The van der Waals surface area contributed by atoms with Crippen LogP contribution < -0.4 is 0 Å². The van der Waals surface area contributed by atoms with Gasteiger partial charge in [0, 0.05) is 0 Å². The fourth-order valence-electron chi connectivity index (χ4n) is 2.75. The second kappa shape index (κ2) is 6.50. The van der Waals surface area contributed by atoms with Crippen LogP contribution in [0.5, 0.6) is 0 Å². The van der Waals surface area contributed by atoms with Gasteiger partial charge in [-0.2, -0.15) is 8.42 Å². The Kier molecular flexibility index (Phi) is 5.30. The third-order valence-electron chi connectivity index (χ3n) is 3.57. The maximum atomic E-state index is 12.1. The molecule has 10 heteroatoms. The van der Waals surface area contributed by atoms with E-state index in [4.69, 9.17) is 23.1 Å². The minimum atomic E-state index is -3.93. The van der Waals surface area contributed by atoms with E-state index in [0.717, 1.165) is 13.4 Å². The summed E-state index contributed by atoms with van der Waals surface area (Å²) >= 11 is 0. The monoisotopic (exact) mass is 368 g/mol. The van der Waals surface area contributed by atoms with Crippen LogP contribution in [0.1, 0.15) is 27.7 Å². The van der Waals surface area contributed by atoms with Crippen molar-refractivity contribution in [2.45, 2.75) is 63.7 Å². The van der Waals surface area contributed by atoms with Crippen molar-refractivity contribution in [3.63, 3.8) is 0 Å². The maximum Gasteiger partial charge on any atom is 0.339 e. The van der Waals surface area contributed by atoms with Crippen molar-refractivity contribution in [3.8, 4) is 0 Å². The minimum Gasteiger partial charge on any atom is -0.467 e. The Morgan fingerprint density at radius 1 is 1.12 bits per heavy atom. The largest absolute Gasteiger partial charge is 0.467 e. The van der Waals surface area contributed by atoms with Crippen LogP contribution in [0.15, 0.2) is 0 Å². The Bertz CT molecular complexity index is 583. The summed E-state index contributed by atoms with van der Waals surface area (Å²) in [6.07, 6.45) is -3.03. The molecular formula is C14H24O9S. The van der Waals surface area contributed by atoms with E-state index in [0.29, 0.717) is 0 Å². The molecule has 2 rings (SSSR count). The summed E-state index contributed by atoms with van der Waals surface area (Å²) in [5.41, 5.74) is 0. The molecule has 24 heavy (non-hydrogen) atoms. The highest BCUT2D eigenvalue weighted by atomic mass is 32.2. The fourth-order valence-corrected chi connectivity index (χ4v) is 3.31. The van der Waals surface area contributed by atoms with E-state index in [1.165, 1.54) is 0 Å². The summed E-state index contributed by atoms with van der Waals surface area (Å²) in [5.74, 6) is -2.75. The topological polar surface area (TPSA) is 107 Å². The number of esters is 1. The lowest BCUT2D eigenvalue weighted by Gasteiger charge is -2.27. The van der Waals surface area contributed by atoms with Gasteiger partial charge in [0.25, 0.3) is 10.1 Å². The smallest absolute Gasteiger partial charge is 0.339 e. The van der Waals surface area contributed by atoms with Gasteiger partial charge < -0.3 is 23.7 Å². The number of rotatable bonds is 5. The van der Waals surface area contributed by atoms with Crippen LogP contribution in [0, 0.1) is 0 Å². The molecule has 0 aromatic heterocycles. The van der Waals surface area contributed by atoms with E-state index in [2.05, 4.69) is 4.74 Å². The van der Waals surface area contributed by atoms with Crippen molar-refractivity contribution in [2.75, 3.05) is 20.0 Å². The molecule has 0 amide bonds. The zero-order valence-electron chi connectivity index (χ0n) is 14.6. The summed E-state index contributed by atoms with van der Waals surface area (Å²) in [4.78, 5) is 12.1. The zero-order chi connectivity index (χ0) is 18.3. The quantitative estimate of drug-likeness (QED) is 0.496. The fraction of sp³-hybridized carbons (Fsp3) is 0.929. The lowest BCUT2D eigenvalue weighted by atomic mass is 10.0. The molecule has 2 heterocycles. The molecule has 0 aromatic carbocycles. The average molecular weight is 368 g/mol. The van der Waals surface area contributed by atoms with Gasteiger partial charge in [-0.15, -0.1) is 0 Å². The maximum absolute atomic E-state index is 12.1. The summed E-state index contributed by atoms with van der Waals surface area (Å²) in [5, 5.41) is 0. The Morgan fingerprint density at radius 2 is 1.75 bits per heavy atom. The number of hydrogen-bond acceptors (Lipinski definition) is 9. The van der Waals surface area contributed by atoms with Crippen LogP contribution in [0.4, 0.5) is 0 Å². The van der Waals surface area contributed by atoms with Gasteiger partial charge in [0.2, 0.25) is 6.10 Å². The molecule has 2 saturated heterocycles. The molecule has 140 valence electrons. The number of carbonyl (C=O) groups excluding carboxylic acids is 1. The Labute approximate surface area is 141 Å². The van der Waals surface area contributed by atoms with Gasteiger partial charge in [-0.25, -0.2) is 4.79 Å². The molecule has 0 aromatic rings. The minimum absolute atomic E-state index is 0.209. The molecule has 2 fully saturated rings. The average Bonchev–Trinajstić information content (AvgIpc) is 2.93. The third kappa shape index (κ3) is 4.64. The lowest BCUT2D eigenvalue weighted by Crippen LogP contribution is -2.49. The van der Waals surface area contributed by atoms with Gasteiger partial charge in [0.15, 0.2) is 11.6 Å². The number of carbonyl (C=O) groups is 1. The van der Waals surface area contributed by atoms with Crippen molar-refractivity contribution < 1.29 is 41.1 Å². The predicted octanol–water partition coefficient (Wildman–Crippen LogP) is 0.176.